The number of anilines is 1. The van der Waals surface area contributed by atoms with Crippen LogP contribution in [0.2, 0.25) is 0 Å². The number of hydrogen-bond donors (Lipinski definition) is 0. The standard InChI is InChI=1S/C18H21N3O4S/c1-13(22)21(16-7-3-5-14-6-4-9-19-18(14)16)11-17(23)20(2)15-8-10-26(24,25)12-15/h3-7,9,15H,8,10-12H2,1-2H3. The molecule has 0 aliphatic carbocycles. The van der Waals surface area contributed by atoms with Crippen LogP contribution in [-0.4, -0.2) is 61.3 Å². The zero-order valence-corrected chi connectivity index (χ0v) is 15.6. The van der Waals surface area contributed by atoms with Crippen LogP contribution in [0, 0.1) is 0 Å². The van der Waals surface area contributed by atoms with Crippen molar-refractivity contribution < 1.29 is 18.0 Å². The molecule has 1 saturated heterocycles. The maximum atomic E-state index is 12.7. The summed E-state index contributed by atoms with van der Waals surface area (Å²) in [6.07, 6.45) is 2.07. The minimum atomic E-state index is -3.08. The van der Waals surface area contributed by atoms with Gasteiger partial charge in [-0.15, -0.1) is 0 Å². The summed E-state index contributed by atoms with van der Waals surface area (Å²) in [7, 11) is -1.49. The summed E-state index contributed by atoms with van der Waals surface area (Å²) in [5, 5.41) is 0.874. The highest BCUT2D eigenvalue weighted by atomic mass is 32.2. The summed E-state index contributed by atoms with van der Waals surface area (Å²) in [5.74, 6) is -0.497. The number of sulfone groups is 1. The van der Waals surface area contributed by atoms with Crippen molar-refractivity contribution in [3.8, 4) is 0 Å². The second kappa shape index (κ2) is 7.03. The number of pyridine rings is 1. The molecule has 0 bridgehead atoms. The van der Waals surface area contributed by atoms with Crippen LogP contribution in [0.15, 0.2) is 36.5 Å². The Bertz CT molecular complexity index is 953. The first kappa shape index (κ1) is 18.3. The van der Waals surface area contributed by atoms with Crippen LogP contribution < -0.4 is 4.90 Å². The minimum absolute atomic E-state index is 0.0227. The molecule has 1 fully saturated rings. The van der Waals surface area contributed by atoms with E-state index in [2.05, 4.69) is 4.98 Å². The van der Waals surface area contributed by atoms with E-state index in [1.165, 1.54) is 16.7 Å². The molecular formula is C18H21N3O4S. The van der Waals surface area contributed by atoms with Gasteiger partial charge < -0.3 is 9.80 Å². The average Bonchev–Trinajstić information content (AvgIpc) is 2.98. The van der Waals surface area contributed by atoms with Gasteiger partial charge in [-0.25, -0.2) is 8.42 Å². The van der Waals surface area contributed by atoms with Gasteiger partial charge in [0.05, 0.1) is 22.7 Å². The van der Waals surface area contributed by atoms with Crippen LogP contribution in [0.3, 0.4) is 0 Å². The van der Waals surface area contributed by atoms with Crippen molar-refractivity contribution in [2.75, 3.05) is 30.0 Å². The normalized spacial score (nSPS) is 18.6. The summed E-state index contributed by atoms with van der Waals surface area (Å²) in [6, 6.07) is 8.82. The molecule has 2 amide bonds. The van der Waals surface area contributed by atoms with E-state index < -0.39 is 9.84 Å². The maximum absolute atomic E-state index is 12.7. The van der Waals surface area contributed by atoms with E-state index in [-0.39, 0.29) is 35.9 Å². The zero-order valence-electron chi connectivity index (χ0n) is 14.8. The lowest BCUT2D eigenvalue weighted by Gasteiger charge is -2.28. The third kappa shape index (κ3) is 3.70. The third-order valence-corrected chi connectivity index (χ3v) is 6.48. The number of aromatic nitrogens is 1. The van der Waals surface area contributed by atoms with E-state index in [0.29, 0.717) is 17.6 Å². The molecule has 2 aromatic rings. The van der Waals surface area contributed by atoms with Crippen LogP contribution in [0.25, 0.3) is 10.9 Å². The predicted octanol–water partition coefficient (Wildman–Crippen LogP) is 1.23. The third-order valence-electron chi connectivity index (χ3n) is 4.73. The number of likely N-dealkylation sites (N-methyl/N-ethyl adjacent to an activating group) is 1. The van der Waals surface area contributed by atoms with Gasteiger partial charge in [0, 0.05) is 31.6 Å². The van der Waals surface area contributed by atoms with Gasteiger partial charge in [-0.3, -0.25) is 14.6 Å². The van der Waals surface area contributed by atoms with E-state index in [1.54, 1.807) is 19.3 Å². The second-order valence-corrected chi connectivity index (χ2v) is 8.75. The number of fused-ring (bicyclic) bond motifs is 1. The molecule has 3 rings (SSSR count). The second-order valence-electron chi connectivity index (χ2n) is 6.52. The fourth-order valence-corrected chi connectivity index (χ4v) is 4.98. The van der Waals surface area contributed by atoms with Crippen LogP contribution >= 0.6 is 0 Å². The highest BCUT2D eigenvalue weighted by Gasteiger charge is 2.33. The first-order valence-corrected chi connectivity index (χ1v) is 10.2. The summed E-state index contributed by atoms with van der Waals surface area (Å²) in [4.78, 5) is 32.0. The zero-order chi connectivity index (χ0) is 18.9. The molecule has 1 aliphatic heterocycles. The molecule has 1 aromatic carbocycles. The SMILES string of the molecule is CC(=O)N(CC(=O)N(C)C1CCS(=O)(=O)C1)c1cccc2cccnc12. The molecule has 0 N–H and O–H groups in total. The molecule has 0 radical (unpaired) electrons. The van der Waals surface area contributed by atoms with Gasteiger partial charge >= 0.3 is 0 Å². The molecule has 138 valence electrons. The van der Waals surface area contributed by atoms with Crippen molar-refractivity contribution in [3.05, 3.63) is 36.5 Å². The van der Waals surface area contributed by atoms with Crippen LogP contribution in [-0.2, 0) is 19.4 Å². The molecule has 0 saturated carbocycles. The Morgan fingerprint density at radius 3 is 2.62 bits per heavy atom. The Hall–Kier alpha value is -2.48. The predicted molar refractivity (Wildman–Crippen MR) is 99.6 cm³/mol. The summed E-state index contributed by atoms with van der Waals surface area (Å²) >= 11 is 0. The Morgan fingerprint density at radius 2 is 1.96 bits per heavy atom. The van der Waals surface area contributed by atoms with Crippen molar-refractivity contribution in [2.24, 2.45) is 0 Å². The number of para-hydroxylation sites is 1. The molecule has 1 unspecified atom stereocenters. The smallest absolute Gasteiger partial charge is 0.242 e. The number of carbonyl (C=O) groups excluding carboxylic acids is 2. The summed E-state index contributed by atoms with van der Waals surface area (Å²) in [5.41, 5.74) is 1.21. The largest absolute Gasteiger partial charge is 0.340 e. The van der Waals surface area contributed by atoms with Crippen LogP contribution in [0.1, 0.15) is 13.3 Å². The van der Waals surface area contributed by atoms with E-state index in [9.17, 15) is 18.0 Å². The molecule has 26 heavy (non-hydrogen) atoms. The quantitative estimate of drug-likeness (QED) is 0.802. The molecule has 1 aromatic heterocycles. The van der Waals surface area contributed by atoms with Gasteiger partial charge in [0.2, 0.25) is 11.8 Å². The number of rotatable bonds is 4. The van der Waals surface area contributed by atoms with Crippen molar-refractivity contribution in [3.63, 3.8) is 0 Å². The van der Waals surface area contributed by atoms with Crippen molar-refractivity contribution in [1.82, 2.24) is 9.88 Å². The maximum Gasteiger partial charge on any atom is 0.242 e. The van der Waals surface area contributed by atoms with E-state index >= 15 is 0 Å². The van der Waals surface area contributed by atoms with Gasteiger partial charge in [-0.2, -0.15) is 0 Å². The Labute approximate surface area is 152 Å². The molecule has 8 heteroatoms. The Balaban J connectivity index is 1.85. The van der Waals surface area contributed by atoms with Crippen LogP contribution in [0.4, 0.5) is 5.69 Å². The molecule has 1 aliphatic rings. The minimum Gasteiger partial charge on any atom is -0.340 e. The first-order chi connectivity index (χ1) is 12.3. The highest BCUT2D eigenvalue weighted by molar-refractivity contribution is 7.91. The molecule has 7 nitrogen and oxygen atoms in total. The molecular weight excluding hydrogens is 354 g/mol. The molecule has 2 heterocycles. The number of benzene rings is 1. The van der Waals surface area contributed by atoms with Gasteiger partial charge in [-0.05, 0) is 18.6 Å². The van der Waals surface area contributed by atoms with E-state index in [1.807, 2.05) is 24.3 Å². The number of nitrogens with zero attached hydrogens (tertiary/aromatic N) is 3. The van der Waals surface area contributed by atoms with Gasteiger partial charge in [-0.1, -0.05) is 18.2 Å². The van der Waals surface area contributed by atoms with Crippen molar-refractivity contribution in [2.45, 2.75) is 19.4 Å². The number of carbonyl (C=O) groups is 2. The average molecular weight is 375 g/mol. The summed E-state index contributed by atoms with van der Waals surface area (Å²) < 4.78 is 23.3. The van der Waals surface area contributed by atoms with E-state index in [0.717, 1.165) is 5.39 Å². The molecule has 1 atom stereocenters. The van der Waals surface area contributed by atoms with Crippen LogP contribution in [0.5, 0.6) is 0 Å². The van der Waals surface area contributed by atoms with E-state index in [4.69, 9.17) is 0 Å². The monoisotopic (exact) mass is 375 g/mol. The van der Waals surface area contributed by atoms with Gasteiger partial charge in [0.1, 0.15) is 6.54 Å². The number of hydrogen-bond acceptors (Lipinski definition) is 5. The highest BCUT2D eigenvalue weighted by Crippen LogP contribution is 2.25. The lowest BCUT2D eigenvalue weighted by molar-refractivity contribution is -0.131. The fraction of sp³-hybridized carbons (Fsp3) is 0.389. The fourth-order valence-electron chi connectivity index (χ4n) is 3.20. The lowest BCUT2D eigenvalue weighted by atomic mass is 10.1. The van der Waals surface area contributed by atoms with Gasteiger partial charge in [0.15, 0.2) is 9.84 Å². The molecule has 0 spiro atoms. The van der Waals surface area contributed by atoms with Crippen molar-refractivity contribution >= 4 is 38.2 Å². The number of amides is 2. The van der Waals surface area contributed by atoms with Gasteiger partial charge in [0.25, 0.3) is 0 Å². The van der Waals surface area contributed by atoms with Crippen molar-refractivity contribution in [1.29, 1.82) is 0 Å². The topological polar surface area (TPSA) is 87.7 Å². The summed E-state index contributed by atoms with van der Waals surface area (Å²) in [6.45, 7) is 1.24. The first-order valence-electron chi connectivity index (χ1n) is 8.36. The lowest BCUT2D eigenvalue weighted by Crippen LogP contribution is -2.45. The Kier molecular flexibility index (Phi) is 4.95. The Morgan fingerprint density at radius 1 is 1.23 bits per heavy atom.